The summed E-state index contributed by atoms with van der Waals surface area (Å²) in [5.41, 5.74) is 1.02. The van der Waals surface area contributed by atoms with E-state index in [0.717, 1.165) is 28.4 Å². The fourth-order valence-corrected chi connectivity index (χ4v) is 3.13. The van der Waals surface area contributed by atoms with E-state index in [1.54, 1.807) is 11.3 Å². The van der Waals surface area contributed by atoms with E-state index in [9.17, 15) is 4.79 Å². The summed E-state index contributed by atoms with van der Waals surface area (Å²) in [6.45, 7) is 3.48. The highest BCUT2D eigenvalue weighted by Gasteiger charge is 2.12. The summed E-state index contributed by atoms with van der Waals surface area (Å²) in [6.07, 6.45) is 2.75. The largest absolute Gasteiger partial charge is 0.480 e. The number of benzene rings is 1. The Balaban J connectivity index is 2.07. The van der Waals surface area contributed by atoms with Crippen LogP contribution in [0.1, 0.15) is 18.2 Å². The van der Waals surface area contributed by atoms with Crippen LogP contribution in [0.2, 0.25) is 5.02 Å². The molecule has 0 unspecified atom stereocenters. The lowest BCUT2D eigenvalue weighted by Crippen LogP contribution is -2.29. The van der Waals surface area contributed by atoms with Gasteiger partial charge in [-0.25, -0.2) is 4.98 Å². The molecule has 6 heteroatoms. The molecule has 0 saturated heterocycles. The number of thiazole rings is 1. The second-order valence-corrected chi connectivity index (χ2v) is 6.29. The smallest absolute Gasteiger partial charge is 0.317 e. The number of hydrogen-bond donors (Lipinski definition) is 1. The molecule has 2 aromatic rings. The molecule has 0 saturated carbocycles. The minimum absolute atomic E-state index is 0.0576. The molecule has 1 aromatic heterocycles. The second-order valence-electron chi connectivity index (χ2n) is 4.74. The van der Waals surface area contributed by atoms with Crippen molar-refractivity contribution in [3.05, 3.63) is 40.4 Å². The van der Waals surface area contributed by atoms with Crippen molar-refractivity contribution in [2.24, 2.45) is 0 Å². The van der Waals surface area contributed by atoms with Gasteiger partial charge >= 0.3 is 5.97 Å². The lowest BCUT2D eigenvalue weighted by molar-refractivity contribution is -0.138. The first-order valence-corrected chi connectivity index (χ1v) is 7.92. The van der Waals surface area contributed by atoms with Gasteiger partial charge in [0.15, 0.2) is 0 Å². The second kappa shape index (κ2) is 7.54. The maximum Gasteiger partial charge on any atom is 0.317 e. The Bertz CT molecular complexity index is 598. The summed E-state index contributed by atoms with van der Waals surface area (Å²) in [4.78, 5) is 18.3. The van der Waals surface area contributed by atoms with Crippen LogP contribution in [0.3, 0.4) is 0 Å². The molecule has 0 fully saturated rings. The average molecular weight is 325 g/mol. The lowest BCUT2D eigenvalue weighted by atomic mass is 10.2. The summed E-state index contributed by atoms with van der Waals surface area (Å²) in [7, 11) is 0. The summed E-state index contributed by atoms with van der Waals surface area (Å²) in [5, 5.41) is 10.6. The number of carboxylic acid groups (broad SMARTS) is 1. The number of rotatable bonds is 7. The predicted octanol–water partition coefficient (Wildman–Crippen LogP) is 3.76. The number of carbonyl (C=O) groups is 1. The third kappa shape index (κ3) is 4.81. The normalized spacial score (nSPS) is 11.0. The maximum atomic E-state index is 10.9. The molecule has 21 heavy (non-hydrogen) atoms. The maximum absolute atomic E-state index is 10.9. The van der Waals surface area contributed by atoms with E-state index in [1.807, 2.05) is 42.3 Å². The van der Waals surface area contributed by atoms with E-state index >= 15 is 0 Å². The Morgan fingerprint density at radius 3 is 2.71 bits per heavy atom. The standard InChI is InChI=1S/C15H17ClN2O2S/c1-2-7-18(10-14(19)20)9-13-8-17-15(21-13)11-3-5-12(16)6-4-11/h3-6,8H,2,7,9-10H2,1H3,(H,19,20). The van der Waals surface area contributed by atoms with Crippen LogP contribution in [-0.4, -0.2) is 34.0 Å². The van der Waals surface area contributed by atoms with Crippen LogP contribution in [0.15, 0.2) is 30.5 Å². The lowest BCUT2D eigenvalue weighted by Gasteiger charge is -2.17. The van der Waals surface area contributed by atoms with Gasteiger partial charge in [-0.1, -0.05) is 30.7 Å². The number of carboxylic acids is 1. The van der Waals surface area contributed by atoms with Gasteiger partial charge in [0.1, 0.15) is 5.01 Å². The zero-order valence-electron chi connectivity index (χ0n) is 11.8. The molecule has 0 amide bonds. The molecule has 0 radical (unpaired) electrons. The highest BCUT2D eigenvalue weighted by Crippen LogP contribution is 2.27. The Morgan fingerprint density at radius 1 is 1.38 bits per heavy atom. The minimum atomic E-state index is -0.800. The SMILES string of the molecule is CCCN(CC(=O)O)Cc1cnc(-c2ccc(Cl)cc2)s1. The Morgan fingerprint density at radius 2 is 2.10 bits per heavy atom. The van der Waals surface area contributed by atoms with Crippen molar-refractivity contribution in [3.63, 3.8) is 0 Å². The predicted molar refractivity (Wildman–Crippen MR) is 85.8 cm³/mol. The van der Waals surface area contributed by atoms with E-state index in [4.69, 9.17) is 16.7 Å². The Hall–Kier alpha value is -1.43. The fraction of sp³-hybridized carbons (Fsp3) is 0.333. The molecule has 2 rings (SSSR count). The molecule has 0 spiro atoms. The Labute approximate surface area is 133 Å². The molecule has 1 N–H and O–H groups in total. The molecular weight excluding hydrogens is 308 g/mol. The molecule has 112 valence electrons. The fourth-order valence-electron chi connectivity index (χ4n) is 2.05. The molecule has 0 bridgehead atoms. The average Bonchev–Trinajstić information content (AvgIpc) is 2.87. The van der Waals surface area contributed by atoms with Crippen molar-refractivity contribution >= 4 is 28.9 Å². The van der Waals surface area contributed by atoms with Crippen LogP contribution in [0.25, 0.3) is 10.6 Å². The molecule has 1 aromatic carbocycles. The number of hydrogen-bond acceptors (Lipinski definition) is 4. The highest BCUT2D eigenvalue weighted by atomic mass is 35.5. The molecule has 0 aliphatic rings. The van der Waals surface area contributed by atoms with E-state index in [2.05, 4.69) is 4.98 Å². The zero-order chi connectivity index (χ0) is 15.2. The van der Waals surface area contributed by atoms with Gasteiger partial charge in [-0.2, -0.15) is 0 Å². The molecular formula is C15H17ClN2O2S. The van der Waals surface area contributed by atoms with Gasteiger partial charge in [0.25, 0.3) is 0 Å². The molecule has 0 atom stereocenters. The molecule has 0 aliphatic carbocycles. The van der Waals surface area contributed by atoms with E-state index in [1.165, 1.54) is 0 Å². The van der Waals surface area contributed by atoms with Gasteiger partial charge in [0, 0.05) is 28.2 Å². The first-order chi connectivity index (χ1) is 10.1. The van der Waals surface area contributed by atoms with Crippen LogP contribution in [0.5, 0.6) is 0 Å². The topological polar surface area (TPSA) is 53.4 Å². The molecule has 4 nitrogen and oxygen atoms in total. The van der Waals surface area contributed by atoms with E-state index in [-0.39, 0.29) is 6.54 Å². The van der Waals surface area contributed by atoms with Gasteiger partial charge in [0.05, 0.1) is 6.54 Å². The van der Waals surface area contributed by atoms with Crippen LogP contribution in [0.4, 0.5) is 0 Å². The number of aromatic nitrogens is 1. The Kier molecular flexibility index (Phi) is 5.73. The van der Waals surface area contributed by atoms with Crippen molar-refractivity contribution in [3.8, 4) is 10.6 Å². The third-order valence-corrected chi connectivity index (χ3v) is 4.21. The van der Waals surface area contributed by atoms with Crippen LogP contribution < -0.4 is 0 Å². The number of nitrogens with zero attached hydrogens (tertiary/aromatic N) is 2. The van der Waals surface area contributed by atoms with Crippen molar-refractivity contribution in [1.82, 2.24) is 9.88 Å². The molecule has 1 heterocycles. The first-order valence-electron chi connectivity index (χ1n) is 6.73. The quantitative estimate of drug-likeness (QED) is 0.842. The van der Waals surface area contributed by atoms with Crippen molar-refractivity contribution in [2.75, 3.05) is 13.1 Å². The van der Waals surface area contributed by atoms with Crippen molar-refractivity contribution < 1.29 is 9.90 Å². The number of halogens is 1. The highest BCUT2D eigenvalue weighted by molar-refractivity contribution is 7.15. The summed E-state index contributed by atoms with van der Waals surface area (Å²) >= 11 is 7.46. The molecule has 0 aliphatic heterocycles. The van der Waals surface area contributed by atoms with Crippen LogP contribution in [0, 0.1) is 0 Å². The first kappa shape index (κ1) is 15.9. The summed E-state index contributed by atoms with van der Waals surface area (Å²) in [6, 6.07) is 7.55. The van der Waals surface area contributed by atoms with Gasteiger partial charge in [-0.15, -0.1) is 11.3 Å². The van der Waals surface area contributed by atoms with Crippen molar-refractivity contribution in [2.45, 2.75) is 19.9 Å². The number of aliphatic carboxylic acids is 1. The summed E-state index contributed by atoms with van der Waals surface area (Å²) in [5.74, 6) is -0.800. The van der Waals surface area contributed by atoms with Crippen LogP contribution in [-0.2, 0) is 11.3 Å². The summed E-state index contributed by atoms with van der Waals surface area (Å²) < 4.78 is 0. The van der Waals surface area contributed by atoms with Gasteiger partial charge in [-0.05, 0) is 25.1 Å². The zero-order valence-corrected chi connectivity index (χ0v) is 13.3. The monoisotopic (exact) mass is 324 g/mol. The third-order valence-electron chi connectivity index (χ3n) is 2.92. The van der Waals surface area contributed by atoms with E-state index < -0.39 is 5.97 Å². The van der Waals surface area contributed by atoms with Crippen LogP contribution >= 0.6 is 22.9 Å². The van der Waals surface area contributed by atoms with Gasteiger partial charge in [0.2, 0.25) is 0 Å². The minimum Gasteiger partial charge on any atom is -0.480 e. The van der Waals surface area contributed by atoms with Gasteiger partial charge < -0.3 is 5.11 Å². The van der Waals surface area contributed by atoms with E-state index in [0.29, 0.717) is 11.6 Å². The van der Waals surface area contributed by atoms with Gasteiger partial charge in [-0.3, -0.25) is 9.69 Å². The van der Waals surface area contributed by atoms with Crippen molar-refractivity contribution in [1.29, 1.82) is 0 Å².